The molecule has 3 unspecified atom stereocenters. The van der Waals surface area contributed by atoms with Gasteiger partial charge in [0.25, 0.3) is 0 Å². The number of hydrogen-bond acceptors (Lipinski definition) is 7. The summed E-state index contributed by atoms with van der Waals surface area (Å²) in [5.41, 5.74) is 7.79. The van der Waals surface area contributed by atoms with Crippen molar-refractivity contribution >= 4 is 17.6 Å². The van der Waals surface area contributed by atoms with Gasteiger partial charge >= 0.3 is 12.1 Å². The van der Waals surface area contributed by atoms with Gasteiger partial charge in [-0.2, -0.15) is 18.3 Å². The van der Waals surface area contributed by atoms with Crippen molar-refractivity contribution in [3.05, 3.63) is 92.6 Å². The molecule has 3 aromatic rings. The number of fused-ring (bicyclic) bond motifs is 1. The normalized spacial score (nSPS) is 26.5. The van der Waals surface area contributed by atoms with E-state index >= 15 is 0 Å². The Morgan fingerprint density at radius 3 is 2.62 bits per heavy atom. The number of hydrogen-bond donors (Lipinski definition) is 1. The Bertz CT molecular complexity index is 1450. The monoisotopic (exact) mass is 579 g/mol. The third kappa shape index (κ3) is 5.24. The Morgan fingerprint density at radius 2 is 1.98 bits per heavy atom. The number of azide groups is 1. The molecule has 0 amide bonds. The molecule has 210 valence electrons. The number of carbonyl (C=O) groups is 1. The van der Waals surface area contributed by atoms with E-state index < -0.39 is 65.8 Å². The maximum absolute atomic E-state index is 14.0. The van der Waals surface area contributed by atoms with E-state index in [4.69, 9.17) is 30.5 Å². The van der Waals surface area contributed by atoms with Crippen LogP contribution in [0.3, 0.4) is 0 Å². The zero-order valence-electron chi connectivity index (χ0n) is 20.6. The maximum Gasteiger partial charge on any atom is 0.418 e. The molecule has 2 aromatic carbocycles. The van der Waals surface area contributed by atoms with E-state index in [9.17, 15) is 28.6 Å². The van der Waals surface area contributed by atoms with Crippen LogP contribution in [0, 0.1) is 0 Å². The Hall–Kier alpha value is -3.65. The first kappa shape index (κ1) is 27.9. The van der Waals surface area contributed by atoms with E-state index in [2.05, 4.69) is 15.1 Å². The molecule has 0 spiro atoms. The molecule has 1 N–H and O–H groups in total. The predicted octanol–water partition coefficient (Wildman–Crippen LogP) is 5.49. The number of rotatable bonds is 6. The van der Waals surface area contributed by atoms with Crippen LogP contribution >= 0.6 is 11.6 Å². The molecule has 40 heavy (non-hydrogen) atoms. The Morgan fingerprint density at radius 1 is 1.23 bits per heavy atom. The second-order valence-electron chi connectivity index (χ2n) is 9.00. The summed E-state index contributed by atoms with van der Waals surface area (Å²) in [7, 11) is 1.30. The van der Waals surface area contributed by atoms with Gasteiger partial charge in [0.2, 0.25) is 0 Å². The first-order valence-electron chi connectivity index (χ1n) is 11.9. The highest BCUT2D eigenvalue weighted by molar-refractivity contribution is 6.30. The van der Waals surface area contributed by atoms with Crippen LogP contribution in [-0.4, -0.2) is 58.9 Å². The fraction of sp³-hybridized carbons (Fsp3) is 0.360. The van der Waals surface area contributed by atoms with Crippen molar-refractivity contribution in [1.29, 1.82) is 0 Å². The summed E-state index contributed by atoms with van der Waals surface area (Å²) in [6.45, 7) is -0.0283. The van der Waals surface area contributed by atoms with Crippen LogP contribution < -0.4 is 0 Å². The molecule has 15 heteroatoms. The van der Waals surface area contributed by atoms with E-state index in [1.807, 2.05) is 6.07 Å². The highest BCUT2D eigenvalue weighted by atomic mass is 35.5. The number of carboxylic acids is 1. The number of alkyl halides is 3. The van der Waals surface area contributed by atoms with Crippen molar-refractivity contribution in [3.8, 4) is 5.69 Å². The van der Waals surface area contributed by atoms with Crippen LogP contribution in [0.2, 0.25) is 5.02 Å². The number of methoxy groups -OCH3 is 1. The summed E-state index contributed by atoms with van der Waals surface area (Å²) in [5, 5.41) is 17.4. The van der Waals surface area contributed by atoms with Gasteiger partial charge in [-0.15, -0.1) is 0 Å². The van der Waals surface area contributed by atoms with E-state index in [0.717, 1.165) is 28.9 Å². The summed E-state index contributed by atoms with van der Waals surface area (Å²) < 4.78 is 66.5. The fourth-order valence-corrected chi connectivity index (χ4v) is 5.05. The molecule has 3 heterocycles. The number of halogens is 4. The van der Waals surface area contributed by atoms with Crippen molar-refractivity contribution in [1.82, 2.24) is 9.78 Å². The Labute approximate surface area is 229 Å². The molecule has 2 aliphatic heterocycles. The number of nitrogens with zero attached hydrogens (tertiary/aromatic N) is 5. The highest BCUT2D eigenvalue weighted by Gasteiger charge is 2.51. The summed E-state index contributed by atoms with van der Waals surface area (Å²) in [6, 6.07) is 11.9. The minimum atomic E-state index is -4.82. The molecule has 5 rings (SSSR count). The van der Waals surface area contributed by atoms with Crippen LogP contribution in [0.25, 0.3) is 16.1 Å². The second-order valence-corrected chi connectivity index (χ2v) is 9.43. The first-order valence-corrected chi connectivity index (χ1v) is 12.2. The molecule has 2 aliphatic rings. The van der Waals surface area contributed by atoms with Crippen molar-refractivity contribution in [2.24, 2.45) is 5.11 Å². The molecular formula is C25H21ClF3N5O6. The highest BCUT2D eigenvalue weighted by Crippen LogP contribution is 2.43. The zero-order valence-corrected chi connectivity index (χ0v) is 21.4. The van der Waals surface area contributed by atoms with E-state index in [-0.39, 0.29) is 17.3 Å². The lowest BCUT2D eigenvalue weighted by Gasteiger charge is -2.48. The smallest absolute Gasteiger partial charge is 0.418 e. The largest absolute Gasteiger partial charge is 0.476 e. The quantitative estimate of drug-likeness (QED) is 0.231. The summed E-state index contributed by atoms with van der Waals surface area (Å²) in [4.78, 5) is 14.8. The number of aromatic nitrogens is 2. The van der Waals surface area contributed by atoms with Gasteiger partial charge in [-0.05, 0) is 29.8 Å². The second kappa shape index (κ2) is 11.1. The fourth-order valence-electron chi connectivity index (χ4n) is 4.89. The van der Waals surface area contributed by atoms with Crippen LogP contribution in [0.5, 0.6) is 0 Å². The molecule has 0 bridgehead atoms. The molecular weight excluding hydrogens is 559 g/mol. The maximum atomic E-state index is 14.0. The third-order valence-corrected chi connectivity index (χ3v) is 6.86. The van der Waals surface area contributed by atoms with Gasteiger partial charge in [-0.1, -0.05) is 47.0 Å². The van der Waals surface area contributed by atoms with Crippen molar-refractivity contribution in [3.63, 3.8) is 0 Å². The minimum absolute atomic E-state index is 0.0283. The molecule has 6 atom stereocenters. The molecule has 11 nitrogen and oxygen atoms in total. The van der Waals surface area contributed by atoms with Crippen molar-refractivity contribution < 1.29 is 42.0 Å². The van der Waals surface area contributed by atoms with Gasteiger partial charge in [0.15, 0.2) is 12.0 Å². The predicted molar refractivity (Wildman–Crippen MR) is 132 cm³/mol. The van der Waals surface area contributed by atoms with Gasteiger partial charge in [0.1, 0.15) is 24.4 Å². The summed E-state index contributed by atoms with van der Waals surface area (Å²) in [5.74, 6) is -1.49. The molecule has 0 radical (unpaired) electrons. The van der Waals surface area contributed by atoms with Crippen molar-refractivity contribution in [2.75, 3.05) is 13.7 Å². The van der Waals surface area contributed by atoms with Crippen LogP contribution in [0.4, 0.5) is 13.2 Å². The van der Waals surface area contributed by atoms with Crippen molar-refractivity contribution in [2.45, 2.75) is 42.9 Å². The van der Waals surface area contributed by atoms with Gasteiger partial charge in [0.05, 0.1) is 29.6 Å². The standard InChI is InChI=1S/C25H21ClF3N5O6/c1-37-22-19(31-33-30)21-18(11-38-24(40-21)12-5-3-2-4-6-12)39-20(22)17-10-15(23(35)36)32-34(17)16-9-13(26)7-8-14(16)25(27,28)29/h2-10,18-22,24H,11H2,1H3,(H,35,36)/t18?,19-,20-,21-,22?,24?/m0/s1. The minimum Gasteiger partial charge on any atom is -0.476 e. The Balaban J connectivity index is 1.60. The van der Waals surface area contributed by atoms with E-state index in [1.54, 1.807) is 24.3 Å². The third-order valence-electron chi connectivity index (χ3n) is 6.62. The molecule has 1 aromatic heterocycles. The van der Waals surface area contributed by atoms with Gasteiger partial charge in [0, 0.05) is 22.6 Å². The average molecular weight is 580 g/mol. The molecule has 2 saturated heterocycles. The van der Waals surface area contributed by atoms with Crippen LogP contribution in [0.1, 0.15) is 39.7 Å². The Kier molecular flexibility index (Phi) is 7.73. The zero-order chi connectivity index (χ0) is 28.6. The number of ether oxygens (including phenoxy) is 4. The molecule has 0 aliphatic carbocycles. The van der Waals surface area contributed by atoms with Gasteiger partial charge in [-0.25, -0.2) is 9.48 Å². The van der Waals surface area contributed by atoms with Gasteiger partial charge < -0.3 is 24.1 Å². The van der Waals surface area contributed by atoms with Crippen LogP contribution in [-0.2, 0) is 25.1 Å². The topological polar surface area (TPSA) is 141 Å². The molecule has 0 saturated carbocycles. The number of carboxylic acid groups (broad SMARTS) is 1. The summed E-state index contributed by atoms with van der Waals surface area (Å²) in [6.07, 6.45) is -9.70. The lowest BCUT2D eigenvalue weighted by atomic mass is 9.90. The van der Waals surface area contributed by atoms with Crippen LogP contribution in [0.15, 0.2) is 59.7 Å². The average Bonchev–Trinajstić information content (AvgIpc) is 3.38. The molecule has 2 fully saturated rings. The van der Waals surface area contributed by atoms with E-state index in [0.29, 0.717) is 5.56 Å². The SMILES string of the molecule is COC1[C@@H](N=[N+]=[N-])[C@H]2OC(c3ccccc3)OCC2O[C@H]1c1cc(C(=O)O)nn1-c1cc(Cl)ccc1C(F)(F)F. The summed E-state index contributed by atoms with van der Waals surface area (Å²) >= 11 is 6.03. The number of benzene rings is 2. The van der Waals surface area contributed by atoms with E-state index in [1.165, 1.54) is 7.11 Å². The lowest BCUT2D eigenvalue weighted by Crippen LogP contribution is -2.59. The lowest BCUT2D eigenvalue weighted by molar-refractivity contribution is -0.310. The number of aromatic carboxylic acids is 1. The van der Waals surface area contributed by atoms with Gasteiger partial charge in [-0.3, -0.25) is 0 Å². The first-order chi connectivity index (χ1) is 19.1.